The van der Waals surface area contributed by atoms with Crippen LogP contribution in [0.5, 0.6) is 0 Å². The highest BCUT2D eigenvalue weighted by molar-refractivity contribution is 6.01. The minimum absolute atomic E-state index is 0.0415. The maximum absolute atomic E-state index is 11.6. The highest BCUT2D eigenvalue weighted by atomic mass is 16.4. The molecule has 1 aliphatic rings. The van der Waals surface area contributed by atoms with Crippen LogP contribution in [0.2, 0.25) is 0 Å². The summed E-state index contributed by atoms with van der Waals surface area (Å²) in [5.41, 5.74) is 5.37. The molecule has 0 heterocycles. The van der Waals surface area contributed by atoms with Crippen molar-refractivity contribution in [3.63, 3.8) is 0 Å². The van der Waals surface area contributed by atoms with Crippen molar-refractivity contribution in [1.82, 2.24) is 5.32 Å². The van der Waals surface area contributed by atoms with E-state index in [0.29, 0.717) is 6.54 Å². The summed E-state index contributed by atoms with van der Waals surface area (Å²) in [6.45, 7) is 2.32. The van der Waals surface area contributed by atoms with Crippen molar-refractivity contribution in [1.29, 1.82) is 0 Å². The molecule has 1 rings (SSSR count). The predicted molar refractivity (Wildman–Crippen MR) is 66.8 cm³/mol. The molecular weight excluding hydrogens is 218 g/mol. The van der Waals surface area contributed by atoms with Crippen LogP contribution in [0.15, 0.2) is 5.16 Å². The third-order valence-corrected chi connectivity index (χ3v) is 3.53. The fourth-order valence-electron chi connectivity index (χ4n) is 2.25. The van der Waals surface area contributed by atoms with Crippen LogP contribution < -0.4 is 11.1 Å². The van der Waals surface area contributed by atoms with E-state index < -0.39 is 5.92 Å². The molecule has 1 amide bonds. The molecule has 1 fully saturated rings. The third-order valence-electron chi connectivity index (χ3n) is 3.53. The Labute approximate surface area is 102 Å². The largest absolute Gasteiger partial charge is 0.409 e. The second kappa shape index (κ2) is 7.14. The first-order valence-corrected chi connectivity index (χ1v) is 6.40. The maximum atomic E-state index is 11.6. The van der Waals surface area contributed by atoms with E-state index >= 15 is 0 Å². The highest BCUT2D eigenvalue weighted by Gasteiger charge is 2.18. The van der Waals surface area contributed by atoms with Crippen molar-refractivity contribution < 1.29 is 10.0 Å². The van der Waals surface area contributed by atoms with E-state index in [1.165, 1.54) is 32.1 Å². The number of amides is 1. The number of oxime groups is 1. The minimum Gasteiger partial charge on any atom is -0.409 e. The molecule has 1 aliphatic carbocycles. The van der Waals surface area contributed by atoms with Crippen molar-refractivity contribution in [2.24, 2.45) is 22.7 Å². The standard InChI is InChI=1S/C12H23N3O2/c1-9(11(13)15-17)12(16)14-8-7-10-5-3-2-4-6-10/h9-10,17H,2-8H2,1H3,(H2,13,15)(H,14,16). The molecule has 5 heteroatoms. The van der Waals surface area contributed by atoms with E-state index in [1.807, 2.05) is 0 Å². The van der Waals surface area contributed by atoms with Crippen LogP contribution in [0.1, 0.15) is 45.4 Å². The van der Waals surface area contributed by atoms with Crippen molar-refractivity contribution in [3.05, 3.63) is 0 Å². The number of hydrogen-bond acceptors (Lipinski definition) is 3. The number of carbonyl (C=O) groups is 1. The lowest BCUT2D eigenvalue weighted by atomic mass is 9.87. The average Bonchev–Trinajstić information content (AvgIpc) is 2.38. The van der Waals surface area contributed by atoms with Crippen molar-refractivity contribution in [2.45, 2.75) is 45.4 Å². The van der Waals surface area contributed by atoms with E-state index in [0.717, 1.165) is 12.3 Å². The van der Waals surface area contributed by atoms with Gasteiger partial charge in [-0.2, -0.15) is 0 Å². The van der Waals surface area contributed by atoms with Gasteiger partial charge in [0.2, 0.25) is 5.91 Å². The van der Waals surface area contributed by atoms with Crippen LogP contribution in [0, 0.1) is 11.8 Å². The zero-order valence-corrected chi connectivity index (χ0v) is 10.5. The quantitative estimate of drug-likeness (QED) is 0.295. The Kier molecular flexibility index (Phi) is 5.80. The topological polar surface area (TPSA) is 87.7 Å². The zero-order chi connectivity index (χ0) is 12.7. The number of nitrogens with one attached hydrogen (secondary N) is 1. The first-order chi connectivity index (χ1) is 8.15. The van der Waals surface area contributed by atoms with Gasteiger partial charge in [0.05, 0.1) is 5.92 Å². The summed E-state index contributed by atoms with van der Waals surface area (Å²) in [7, 11) is 0. The summed E-state index contributed by atoms with van der Waals surface area (Å²) in [6.07, 6.45) is 7.59. The monoisotopic (exact) mass is 241 g/mol. The van der Waals surface area contributed by atoms with Crippen LogP contribution in [-0.2, 0) is 4.79 Å². The van der Waals surface area contributed by atoms with Gasteiger partial charge in [-0.3, -0.25) is 4.79 Å². The zero-order valence-electron chi connectivity index (χ0n) is 10.5. The van der Waals surface area contributed by atoms with Gasteiger partial charge in [-0.15, -0.1) is 0 Å². The van der Waals surface area contributed by atoms with Crippen molar-refractivity contribution in [2.75, 3.05) is 6.54 Å². The van der Waals surface area contributed by atoms with Crippen LogP contribution in [-0.4, -0.2) is 23.5 Å². The normalized spacial score (nSPS) is 19.9. The third kappa shape index (κ3) is 4.63. The van der Waals surface area contributed by atoms with E-state index in [-0.39, 0.29) is 11.7 Å². The smallest absolute Gasteiger partial charge is 0.230 e. The minimum atomic E-state index is -0.564. The maximum Gasteiger partial charge on any atom is 0.230 e. The van der Waals surface area contributed by atoms with Gasteiger partial charge in [0, 0.05) is 6.54 Å². The van der Waals surface area contributed by atoms with E-state index in [4.69, 9.17) is 10.9 Å². The fraction of sp³-hybridized carbons (Fsp3) is 0.833. The molecule has 0 aromatic heterocycles. The molecule has 98 valence electrons. The molecule has 0 bridgehead atoms. The molecule has 17 heavy (non-hydrogen) atoms. The molecule has 1 saturated carbocycles. The van der Waals surface area contributed by atoms with Gasteiger partial charge in [-0.1, -0.05) is 37.3 Å². The Balaban J connectivity index is 2.19. The number of amidine groups is 1. The average molecular weight is 241 g/mol. The van der Waals surface area contributed by atoms with Crippen molar-refractivity contribution >= 4 is 11.7 Å². The molecule has 0 radical (unpaired) electrons. The summed E-state index contributed by atoms with van der Waals surface area (Å²) in [4.78, 5) is 11.6. The van der Waals surface area contributed by atoms with Gasteiger partial charge >= 0.3 is 0 Å². The summed E-state index contributed by atoms with van der Waals surface area (Å²) in [6, 6.07) is 0. The number of nitrogens with two attached hydrogens (primary N) is 1. The summed E-state index contributed by atoms with van der Waals surface area (Å²) in [5.74, 6) is -0.0224. The van der Waals surface area contributed by atoms with Crippen LogP contribution in [0.4, 0.5) is 0 Å². The lowest BCUT2D eigenvalue weighted by Crippen LogP contribution is -2.38. The first kappa shape index (κ1) is 13.8. The van der Waals surface area contributed by atoms with Crippen molar-refractivity contribution in [3.8, 4) is 0 Å². The Bertz CT molecular complexity index is 273. The molecule has 0 saturated heterocycles. The summed E-state index contributed by atoms with van der Waals surface area (Å²) < 4.78 is 0. The molecular formula is C12H23N3O2. The highest BCUT2D eigenvalue weighted by Crippen LogP contribution is 2.25. The Morgan fingerprint density at radius 1 is 1.47 bits per heavy atom. The number of carbonyl (C=O) groups excluding carboxylic acids is 1. The van der Waals surface area contributed by atoms with E-state index in [9.17, 15) is 4.79 Å². The van der Waals surface area contributed by atoms with Gasteiger partial charge in [0.25, 0.3) is 0 Å². The molecule has 1 atom stereocenters. The SMILES string of the molecule is CC(C(=O)NCCC1CCCCC1)C(N)=NO. The van der Waals surface area contributed by atoms with Crippen LogP contribution >= 0.6 is 0 Å². The molecule has 0 aromatic carbocycles. The van der Waals surface area contributed by atoms with Gasteiger partial charge in [-0.05, 0) is 19.3 Å². The predicted octanol–water partition coefficient (Wildman–Crippen LogP) is 1.46. The number of rotatable bonds is 5. The molecule has 0 aromatic rings. The van der Waals surface area contributed by atoms with Gasteiger partial charge in [-0.25, -0.2) is 0 Å². The van der Waals surface area contributed by atoms with Gasteiger partial charge < -0.3 is 16.3 Å². The van der Waals surface area contributed by atoms with Crippen LogP contribution in [0.25, 0.3) is 0 Å². The number of nitrogens with zero attached hydrogens (tertiary/aromatic N) is 1. The lowest BCUT2D eigenvalue weighted by Gasteiger charge is -2.21. The Morgan fingerprint density at radius 3 is 2.71 bits per heavy atom. The lowest BCUT2D eigenvalue weighted by molar-refractivity contribution is -0.122. The van der Waals surface area contributed by atoms with Gasteiger partial charge in [0.1, 0.15) is 0 Å². The molecule has 5 nitrogen and oxygen atoms in total. The fourth-order valence-corrected chi connectivity index (χ4v) is 2.25. The molecule has 0 aliphatic heterocycles. The van der Waals surface area contributed by atoms with Crippen LogP contribution in [0.3, 0.4) is 0 Å². The molecule has 0 spiro atoms. The Morgan fingerprint density at radius 2 is 2.12 bits per heavy atom. The van der Waals surface area contributed by atoms with E-state index in [1.54, 1.807) is 6.92 Å². The summed E-state index contributed by atoms with van der Waals surface area (Å²) >= 11 is 0. The molecule has 4 N–H and O–H groups in total. The van der Waals surface area contributed by atoms with E-state index in [2.05, 4.69) is 10.5 Å². The second-order valence-electron chi connectivity index (χ2n) is 4.83. The second-order valence-corrected chi connectivity index (χ2v) is 4.83. The Hall–Kier alpha value is -1.26. The van der Waals surface area contributed by atoms with Gasteiger partial charge in [0.15, 0.2) is 5.84 Å². The summed E-state index contributed by atoms with van der Waals surface area (Å²) in [5, 5.41) is 14.1. The first-order valence-electron chi connectivity index (χ1n) is 6.40. The molecule has 1 unspecified atom stereocenters. The number of hydrogen-bond donors (Lipinski definition) is 3.